The van der Waals surface area contributed by atoms with Crippen LogP contribution in [0.15, 0.2) is 12.3 Å². The van der Waals surface area contributed by atoms with Gasteiger partial charge in [0.25, 0.3) is 0 Å². The molecule has 4 nitrogen and oxygen atoms in total. The fourth-order valence-electron chi connectivity index (χ4n) is 0.379. The van der Waals surface area contributed by atoms with E-state index in [4.69, 9.17) is 5.11 Å². The molecule has 0 fully saturated rings. The number of rotatable bonds is 1. The van der Waals surface area contributed by atoms with Gasteiger partial charge in [-0.15, -0.1) is 0 Å². The summed E-state index contributed by atoms with van der Waals surface area (Å²) in [7, 11) is 0. The van der Waals surface area contributed by atoms with E-state index in [0.717, 1.165) is 0 Å². The molecule has 0 bridgehead atoms. The van der Waals surface area contributed by atoms with Crippen molar-refractivity contribution in [1.82, 2.24) is 10.2 Å². The fraction of sp³-hybridized carbons (Fsp3) is 0. The van der Waals surface area contributed by atoms with Crippen LogP contribution in [0.1, 0.15) is 10.5 Å². The zero-order valence-corrected chi connectivity index (χ0v) is 5.20. The van der Waals surface area contributed by atoms with Gasteiger partial charge >= 0.3 is 5.97 Å². The maximum absolute atomic E-state index is 9.98. The van der Waals surface area contributed by atoms with Gasteiger partial charge in [0.2, 0.25) is 0 Å². The Labute approximate surface area is 61.7 Å². The number of H-pyrrole nitrogens is 1. The van der Waals surface area contributed by atoms with Crippen molar-refractivity contribution in [3.8, 4) is 0 Å². The maximum atomic E-state index is 9.98. The number of aromatic carboxylic acids is 1. The summed E-state index contributed by atoms with van der Waals surface area (Å²) >= 11 is 0. The summed E-state index contributed by atoms with van der Waals surface area (Å²) in [6.07, 6.45) is 1.46. The van der Waals surface area contributed by atoms with Crippen molar-refractivity contribution in [2.45, 2.75) is 0 Å². The smallest absolute Gasteiger partial charge is 0.356 e. The van der Waals surface area contributed by atoms with Crippen molar-refractivity contribution in [3.05, 3.63) is 18.0 Å². The van der Waals surface area contributed by atoms with Crippen molar-refractivity contribution < 1.29 is 27.0 Å². The Morgan fingerprint density at radius 3 is 2.67 bits per heavy atom. The quantitative estimate of drug-likeness (QED) is 0.596. The van der Waals surface area contributed by atoms with E-state index in [0.29, 0.717) is 0 Å². The molecule has 0 aliphatic carbocycles. The van der Waals surface area contributed by atoms with Crippen LogP contribution in [0.3, 0.4) is 0 Å². The van der Waals surface area contributed by atoms with Crippen LogP contribution in [0.4, 0.5) is 0 Å². The summed E-state index contributed by atoms with van der Waals surface area (Å²) in [6, 6.07) is 1.39. The van der Waals surface area contributed by atoms with Gasteiger partial charge in [-0.05, 0) is 6.07 Å². The molecular weight excluding hydrogens is 172 g/mol. The summed E-state index contributed by atoms with van der Waals surface area (Å²) in [5.74, 6) is -1.01. The molecule has 1 radical (unpaired) electrons. The van der Waals surface area contributed by atoms with E-state index in [1.165, 1.54) is 12.3 Å². The molecule has 0 saturated heterocycles. The first-order valence-electron chi connectivity index (χ1n) is 2.04. The summed E-state index contributed by atoms with van der Waals surface area (Å²) in [5, 5.41) is 14.0. The van der Waals surface area contributed by atoms with Crippen molar-refractivity contribution in [3.63, 3.8) is 0 Å². The van der Waals surface area contributed by atoms with E-state index < -0.39 is 5.97 Å². The zero-order valence-electron chi connectivity index (χ0n) is 4.26. The number of hydrogen-bond acceptors (Lipinski definition) is 2. The van der Waals surface area contributed by atoms with Crippen LogP contribution >= 0.6 is 0 Å². The van der Waals surface area contributed by atoms with Crippen LogP contribution in [0.5, 0.6) is 0 Å². The first kappa shape index (κ1) is 8.20. The largest absolute Gasteiger partial charge is 0.476 e. The Kier molecular flexibility index (Phi) is 2.98. The van der Waals surface area contributed by atoms with Crippen LogP contribution in [-0.2, 0) is 17.1 Å². The van der Waals surface area contributed by atoms with Gasteiger partial charge in [-0.1, -0.05) is 0 Å². The Hall–Kier alpha value is -0.801. The molecule has 1 aromatic rings. The Morgan fingerprint density at radius 1 is 1.78 bits per heavy atom. The third-order valence-electron chi connectivity index (χ3n) is 0.720. The normalized spacial score (nSPS) is 8.00. The Morgan fingerprint density at radius 2 is 2.44 bits per heavy atom. The molecule has 5 heteroatoms. The van der Waals surface area contributed by atoms with Gasteiger partial charge in [-0.25, -0.2) is 4.79 Å². The predicted molar refractivity (Wildman–Crippen MR) is 25.5 cm³/mol. The minimum absolute atomic E-state index is 0. The van der Waals surface area contributed by atoms with Crippen LogP contribution < -0.4 is 0 Å². The maximum Gasteiger partial charge on any atom is 0.356 e. The molecule has 9 heavy (non-hydrogen) atoms. The second-order valence-corrected chi connectivity index (χ2v) is 1.26. The number of carbonyl (C=O) groups is 1. The van der Waals surface area contributed by atoms with E-state index in [1.54, 1.807) is 0 Å². The summed E-state index contributed by atoms with van der Waals surface area (Å²) in [4.78, 5) is 9.98. The van der Waals surface area contributed by atoms with E-state index in [1.807, 2.05) is 0 Å². The second kappa shape index (κ2) is 3.27. The molecule has 1 aromatic heterocycles. The molecule has 0 atom stereocenters. The number of carboxylic acid groups (broad SMARTS) is 1. The van der Waals surface area contributed by atoms with Gasteiger partial charge in [0.15, 0.2) is 5.69 Å². The van der Waals surface area contributed by atoms with Gasteiger partial charge in [-0.3, -0.25) is 5.10 Å². The fourth-order valence-corrected chi connectivity index (χ4v) is 0.379. The van der Waals surface area contributed by atoms with Crippen molar-refractivity contribution in [1.29, 1.82) is 0 Å². The molecule has 0 amide bonds. The van der Waals surface area contributed by atoms with Gasteiger partial charge in [-0.2, -0.15) is 5.10 Å². The van der Waals surface area contributed by atoms with E-state index in [-0.39, 0.29) is 22.8 Å². The van der Waals surface area contributed by atoms with Crippen molar-refractivity contribution >= 4 is 5.97 Å². The molecule has 0 saturated carbocycles. The third kappa shape index (κ3) is 1.87. The SMILES string of the molecule is O=C(O)c1cc[nH]n1.[Cu]. The minimum Gasteiger partial charge on any atom is -0.476 e. The number of nitrogens with zero attached hydrogens (tertiary/aromatic N) is 1. The molecule has 0 spiro atoms. The molecule has 53 valence electrons. The van der Waals surface area contributed by atoms with Gasteiger partial charge in [0.1, 0.15) is 0 Å². The number of carboxylic acids is 1. The monoisotopic (exact) mass is 175 g/mol. The molecule has 2 N–H and O–H groups in total. The summed E-state index contributed by atoms with van der Waals surface area (Å²) in [5.41, 5.74) is 0.0463. The van der Waals surface area contributed by atoms with Gasteiger partial charge in [0, 0.05) is 23.3 Å². The molecule has 1 heterocycles. The average Bonchev–Trinajstić information content (AvgIpc) is 2.12. The van der Waals surface area contributed by atoms with Crippen molar-refractivity contribution in [2.75, 3.05) is 0 Å². The second-order valence-electron chi connectivity index (χ2n) is 1.26. The van der Waals surface area contributed by atoms with Crippen molar-refractivity contribution in [2.24, 2.45) is 0 Å². The Balaban J connectivity index is 0.000000640. The van der Waals surface area contributed by atoms with E-state index >= 15 is 0 Å². The van der Waals surface area contributed by atoms with Crippen LogP contribution in [0, 0.1) is 0 Å². The molecular formula is C4H4CuN2O2. The van der Waals surface area contributed by atoms with Crippen LogP contribution in [0.25, 0.3) is 0 Å². The first-order valence-corrected chi connectivity index (χ1v) is 2.04. The van der Waals surface area contributed by atoms with E-state index in [2.05, 4.69) is 10.2 Å². The third-order valence-corrected chi connectivity index (χ3v) is 0.720. The number of hydrogen-bond donors (Lipinski definition) is 2. The Bertz CT molecular complexity index is 184. The minimum atomic E-state index is -1.01. The molecule has 0 unspecified atom stereocenters. The molecule has 0 aliphatic heterocycles. The van der Waals surface area contributed by atoms with Gasteiger partial charge < -0.3 is 5.11 Å². The average molecular weight is 176 g/mol. The molecule has 0 aliphatic rings. The predicted octanol–water partition coefficient (Wildman–Crippen LogP) is 0.105. The van der Waals surface area contributed by atoms with E-state index in [9.17, 15) is 4.79 Å². The summed E-state index contributed by atoms with van der Waals surface area (Å²) < 4.78 is 0. The first-order chi connectivity index (χ1) is 3.80. The topological polar surface area (TPSA) is 66.0 Å². The standard InChI is InChI=1S/C4H4N2O2.Cu/c7-4(8)3-1-2-5-6-3;/h1-2H,(H,5,6)(H,7,8);. The summed E-state index contributed by atoms with van der Waals surface area (Å²) in [6.45, 7) is 0. The zero-order chi connectivity index (χ0) is 5.98. The van der Waals surface area contributed by atoms with Gasteiger partial charge in [0.05, 0.1) is 0 Å². The van der Waals surface area contributed by atoms with Crippen LogP contribution in [-0.4, -0.2) is 21.3 Å². The number of aromatic nitrogens is 2. The number of nitrogens with one attached hydrogen (secondary N) is 1. The van der Waals surface area contributed by atoms with Crippen LogP contribution in [0.2, 0.25) is 0 Å². The molecule has 1 rings (SSSR count). The number of aromatic amines is 1. The molecule has 0 aromatic carbocycles.